The molecule has 1 fully saturated rings. The van der Waals surface area contributed by atoms with Crippen LogP contribution in [0.15, 0.2) is 57.6 Å². The lowest BCUT2D eigenvalue weighted by molar-refractivity contribution is -0.385. The number of aromatic hydroxyl groups is 1. The Bertz CT molecular complexity index is 1360. The summed E-state index contributed by atoms with van der Waals surface area (Å²) in [4.78, 5) is 10.3. The van der Waals surface area contributed by atoms with Crippen molar-refractivity contribution in [2.45, 2.75) is 31.0 Å². The third-order valence-corrected chi connectivity index (χ3v) is 7.33. The molecule has 0 saturated carbocycles. The van der Waals surface area contributed by atoms with Crippen LogP contribution in [0.1, 0.15) is 13.8 Å². The van der Waals surface area contributed by atoms with Gasteiger partial charge in [-0.05, 0) is 26.0 Å². The van der Waals surface area contributed by atoms with E-state index in [1.54, 1.807) is 39.1 Å². The first-order valence-electron chi connectivity index (χ1n) is 10.2. The molecular formula is C21H23N5O6S. The topological polar surface area (TPSA) is 140 Å². The number of nitro groups is 1. The maximum Gasteiger partial charge on any atom is 0.270 e. The van der Waals surface area contributed by atoms with Crippen molar-refractivity contribution in [2.75, 3.05) is 13.1 Å². The molecule has 1 saturated heterocycles. The van der Waals surface area contributed by atoms with Crippen molar-refractivity contribution in [2.24, 2.45) is 17.3 Å². The second-order valence-corrected chi connectivity index (χ2v) is 9.84. The molecule has 11 nitrogen and oxygen atoms in total. The average Bonchev–Trinajstić information content (AvgIpc) is 3.01. The Kier molecular flexibility index (Phi) is 5.91. The zero-order chi connectivity index (χ0) is 23.9. The number of hydrogen-bond donors (Lipinski definition) is 1. The summed E-state index contributed by atoms with van der Waals surface area (Å²) in [6.45, 7) is 3.73. The molecule has 2 heterocycles. The third-order valence-electron chi connectivity index (χ3n) is 5.47. The van der Waals surface area contributed by atoms with E-state index in [2.05, 4.69) is 10.2 Å². The van der Waals surface area contributed by atoms with Crippen molar-refractivity contribution < 1.29 is 23.2 Å². The van der Waals surface area contributed by atoms with Gasteiger partial charge in [0.25, 0.3) is 5.69 Å². The van der Waals surface area contributed by atoms with Crippen molar-refractivity contribution in [3.63, 3.8) is 0 Å². The number of aryl methyl sites for hydroxylation is 1. The van der Waals surface area contributed by atoms with Crippen molar-refractivity contribution >= 4 is 38.0 Å². The number of aromatic nitrogens is 1. The summed E-state index contributed by atoms with van der Waals surface area (Å²) in [6.07, 6.45) is -0.667. The Morgan fingerprint density at radius 1 is 1.12 bits per heavy atom. The van der Waals surface area contributed by atoms with Crippen LogP contribution >= 0.6 is 0 Å². The fourth-order valence-corrected chi connectivity index (χ4v) is 5.67. The van der Waals surface area contributed by atoms with Gasteiger partial charge in [0.2, 0.25) is 15.9 Å². The summed E-state index contributed by atoms with van der Waals surface area (Å²) in [5, 5.41) is 30.7. The van der Waals surface area contributed by atoms with Gasteiger partial charge in [0, 0.05) is 37.7 Å². The molecule has 33 heavy (non-hydrogen) atoms. The lowest BCUT2D eigenvalue weighted by atomic mass is 10.2. The zero-order valence-electron chi connectivity index (χ0n) is 18.2. The number of hydrogen-bond acceptors (Lipinski definition) is 8. The van der Waals surface area contributed by atoms with Crippen LogP contribution < -0.4 is 0 Å². The molecule has 2 aromatic carbocycles. The number of morpholine rings is 1. The van der Waals surface area contributed by atoms with E-state index < -0.39 is 14.9 Å². The predicted octanol–water partition coefficient (Wildman–Crippen LogP) is 4.01. The van der Waals surface area contributed by atoms with Gasteiger partial charge in [0.05, 0.1) is 22.6 Å². The van der Waals surface area contributed by atoms with Gasteiger partial charge >= 0.3 is 0 Å². The molecule has 1 aliphatic rings. The van der Waals surface area contributed by atoms with Gasteiger partial charge in [0.1, 0.15) is 10.6 Å². The van der Waals surface area contributed by atoms with E-state index in [4.69, 9.17) is 4.74 Å². The number of sulfonamides is 1. The first kappa shape index (κ1) is 22.8. The Balaban J connectivity index is 1.82. The highest BCUT2D eigenvalue weighted by atomic mass is 32.2. The van der Waals surface area contributed by atoms with Gasteiger partial charge in [0.15, 0.2) is 5.69 Å². The molecule has 1 aromatic heterocycles. The standard InChI is InChI=1S/C21H23N5O6S/c1-13-11-25(12-14(2)32-13)33(30,31)19-10-15(26(28)29)8-9-17(19)22-23-20-16-6-4-5-7-18(16)24(3)21(20)27/h4-10,13-14,27H,11-12H2,1-3H3/t13-,14-/m0/s1. The van der Waals surface area contributed by atoms with Crippen LogP contribution in [0, 0.1) is 10.1 Å². The summed E-state index contributed by atoms with van der Waals surface area (Å²) < 4.78 is 35.3. The van der Waals surface area contributed by atoms with E-state index in [-0.39, 0.29) is 53.1 Å². The van der Waals surface area contributed by atoms with Crippen molar-refractivity contribution in [1.82, 2.24) is 8.87 Å². The predicted molar refractivity (Wildman–Crippen MR) is 121 cm³/mol. The summed E-state index contributed by atoms with van der Waals surface area (Å²) >= 11 is 0. The summed E-state index contributed by atoms with van der Waals surface area (Å²) in [6, 6.07) is 10.5. The van der Waals surface area contributed by atoms with E-state index in [0.717, 1.165) is 11.6 Å². The number of nitrogens with zero attached hydrogens (tertiary/aromatic N) is 5. The monoisotopic (exact) mass is 473 g/mol. The molecule has 0 bridgehead atoms. The van der Waals surface area contributed by atoms with Crippen molar-refractivity contribution in [3.05, 3.63) is 52.6 Å². The first-order chi connectivity index (χ1) is 15.6. The molecule has 0 radical (unpaired) electrons. The molecule has 3 aromatic rings. The largest absolute Gasteiger partial charge is 0.493 e. The van der Waals surface area contributed by atoms with Crippen LogP contribution in [-0.2, 0) is 21.8 Å². The molecule has 1 aliphatic heterocycles. The fourth-order valence-electron chi connectivity index (χ4n) is 3.93. The molecule has 0 spiro atoms. The van der Waals surface area contributed by atoms with Crippen LogP contribution in [0.5, 0.6) is 5.88 Å². The number of rotatable bonds is 5. The summed E-state index contributed by atoms with van der Waals surface area (Å²) in [5.74, 6) is -0.137. The van der Waals surface area contributed by atoms with Crippen molar-refractivity contribution in [3.8, 4) is 5.88 Å². The number of azo groups is 1. The highest BCUT2D eigenvalue weighted by Gasteiger charge is 2.34. The fraction of sp³-hybridized carbons (Fsp3) is 0.333. The van der Waals surface area contributed by atoms with Crippen LogP contribution in [0.2, 0.25) is 0 Å². The number of nitro benzene ring substituents is 1. The number of fused-ring (bicyclic) bond motifs is 1. The van der Waals surface area contributed by atoms with Gasteiger partial charge in [-0.3, -0.25) is 10.1 Å². The number of non-ortho nitro benzene ring substituents is 1. The molecule has 0 amide bonds. The minimum atomic E-state index is -4.14. The normalized spacial score (nSPS) is 20.0. The lowest BCUT2D eigenvalue weighted by Gasteiger charge is -2.34. The molecule has 1 N–H and O–H groups in total. The van der Waals surface area contributed by atoms with Crippen LogP contribution in [-0.4, -0.2) is 52.6 Å². The van der Waals surface area contributed by atoms with Gasteiger partial charge in [-0.25, -0.2) is 8.42 Å². The summed E-state index contributed by atoms with van der Waals surface area (Å²) in [7, 11) is -2.47. The van der Waals surface area contributed by atoms with E-state index in [1.807, 2.05) is 6.07 Å². The molecule has 2 atom stereocenters. The van der Waals surface area contributed by atoms with E-state index in [1.165, 1.54) is 21.0 Å². The SMILES string of the molecule is C[C@H]1CN(S(=O)(=O)c2cc([N+](=O)[O-])ccc2N=Nc2c(O)n(C)c3ccccc23)C[C@H](C)O1. The summed E-state index contributed by atoms with van der Waals surface area (Å²) in [5.41, 5.74) is 0.440. The molecule has 4 rings (SSSR count). The van der Waals surface area contributed by atoms with Crippen LogP contribution in [0.4, 0.5) is 17.1 Å². The number of benzene rings is 2. The van der Waals surface area contributed by atoms with E-state index in [0.29, 0.717) is 5.39 Å². The molecule has 12 heteroatoms. The van der Waals surface area contributed by atoms with Gasteiger partial charge in [-0.2, -0.15) is 4.31 Å². The highest BCUT2D eigenvalue weighted by molar-refractivity contribution is 7.89. The van der Waals surface area contributed by atoms with Gasteiger partial charge in [-0.1, -0.05) is 18.2 Å². The molecule has 0 aliphatic carbocycles. The Morgan fingerprint density at radius 3 is 2.45 bits per heavy atom. The van der Waals surface area contributed by atoms with Gasteiger partial charge < -0.3 is 14.4 Å². The number of ether oxygens (including phenoxy) is 1. The van der Waals surface area contributed by atoms with E-state index in [9.17, 15) is 23.6 Å². The Morgan fingerprint density at radius 2 is 1.79 bits per heavy atom. The molecule has 174 valence electrons. The van der Waals surface area contributed by atoms with Crippen molar-refractivity contribution in [1.29, 1.82) is 0 Å². The van der Waals surface area contributed by atoms with E-state index >= 15 is 0 Å². The maximum atomic E-state index is 13.5. The number of para-hydroxylation sites is 1. The smallest absolute Gasteiger partial charge is 0.270 e. The second-order valence-electron chi connectivity index (χ2n) is 7.94. The lowest BCUT2D eigenvalue weighted by Crippen LogP contribution is -2.48. The third kappa shape index (κ3) is 4.19. The maximum absolute atomic E-state index is 13.5. The highest BCUT2D eigenvalue weighted by Crippen LogP contribution is 2.40. The van der Waals surface area contributed by atoms with Crippen LogP contribution in [0.25, 0.3) is 10.9 Å². The Labute approximate surface area is 190 Å². The first-order valence-corrected chi connectivity index (χ1v) is 11.7. The minimum absolute atomic E-state index is 0.0697. The quantitative estimate of drug-likeness (QED) is 0.337. The Hall–Kier alpha value is -3.35. The van der Waals surface area contributed by atoms with Gasteiger partial charge in [-0.15, -0.1) is 10.2 Å². The van der Waals surface area contributed by atoms with Crippen LogP contribution in [0.3, 0.4) is 0 Å². The molecular weight excluding hydrogens is 450 g/mol. The zero-order valence-corrected chi connectivity index (χ0v) is 19.1. The average molecular weight is 474 g/mol. The minimum Gasteiger partial charge on any atom is -0.493 e. The molecule has 0 unspecified atom stereocenters. The second kappa shape index (κ2) is 8.54.